The number of carbonyl (C=O) groups is 1. The summed E-state index contributed by atoms with van der Waals surface area (Å²) in [6.07, 6.45) is 2.86. The highest BCUT2D eigenvalue weighted by Crippen LogP contribution is 2.29. The van der Waals surface area contributed by atoms with E-state index in [9.17, 15) is 13.6 Å². The molecule has 0 saturated heterocycles. The van der Waals surface area contributed by atoms with Crippen molar-refractivity contribution in [1.82, 2.24) is 4.98 Å². The van der Waals surface area contributed by atoms with Crippen molar-refractivity contribution in [2.45, 2.75) is 6.61 Å². The predicted octanol–water partition coefficient (Wildman–Crippen LogP) is 3.57. The van der Waals surface area contributed by atoms with Gasteiger partial charge in [0.1, 0.15) is 5.75 Å². The Morgan fingerprint density at radius 3 is 2.53 bits per heavy atom. The second kappa shape index (κ2) is 5.75. The fourth-order valence-corrected chi connectivity index (χ4v) is 1.82. The van der Waals surface area contributed by atoms with Gasteiger partial charge in [-0.05, 0) is 24.3 Å². The Labute approximate surface area is 112 Å². The van der Waals surface area contributed by atoms with Crippen LogP contribution in [-0.2, 0) is 0 Å². The third-order valence-electron chi connectivity index (χ3n) is 2.36. The summed E-state index contributed by atoms with van der Waals surface area (Å²) in [4.78, 5) is 16.0. The van der Waals surface area contributed by atoms with Crippen LogP contribution in [0.3, 0.4) is 0 Å². The van der Waals surface area contributed by atoms with Gasteiger partial charge >= 0.3 is 6.61 Å². The molecule has 0 bridgehead atoms. The van der Waals surface area contributed by atoms with E-state index in [4.69, 9.17) is 11.6 Å². The molecule has 0 aliphatic carbocycles. The van der Waals surface area contributed by atoms with Crippen molar-refractivity contribution in [3.8, 4) is 5.75 Å². The van der Waals surface area contributed by atoms with E-state index >= 15 is 0 Å². The van der Waals surface area contributed by atoms with Crippen molar-refractivity contribution in [1.29, 1.82) is 0 Å². The maximum absolute atomic E-state index is 12.3. The number of ketones is 1. The number of hydrogen-bond donors (Lipinski definition) is 0. The molecule has 6 heteroatoms. The highest BCUT2D eigenvalue weighted by molar-refractivity contribution is 6.35. The van der Waals surface area contributed by atoms with Gasteiger partial charge in [0.2, 0.25) is 0 Å². The zero-order valence-corrected chi connectivity index (χ0v) is 10.3. The lowest BCUT2D eigenvalue weighted by Crippen LogP contribution is -2.09. The van der Waals surface area contributed by atoms with Crippen LogP contribution in [0, 0.1) is 0 Å². The van der Waals surface area contributed by atoms with E-state index in [0.29, 0.717) is 5.56 Å². The SMILES string of the molecule is O=C(c1ccncc1)c1c(Cl)cccc1OC(F)F. The molecule has 0 aliphatic rings. The number of hydrogen-bond acceptors (Lipinski definition) is 3. The molecular formula is C13H8ClF2NO2. The van der Waals surface area contributed by atoms with Crippen LogP contribution in [0.2, 0.25) is 5.02 Å². The minimum absolute atomic E-state index is 0.0555. The van der Waals surface area contributed by atoms with Crippen LogP contribution in [0.4, 0.5) is 8.78 Å². The Bertz CT molecular complexity index is 590. The summed E-state index contributed by atoms with van der Waals surface area (Å²) in [6, 6.07) is 7.08. The molecule has 0 fully saturated rings. The number of halogens is 3. The molecule has 0 saturated carbocycles. The third-order valence-corrected chi connectivity index (χ3v) is 2.68. The van der Waals surface area contributed by atoms with Gasteiger partial charge in [-0.1, -0.05) is 17.7 Å². The largest absolute Gasteiger partial charge is 0.434 e. The molecule has 0 atom stereocenters. The molecule has 2 aromatic rings. The van der Waals surface area contributed by atoms with Crippen LogP contribution >= 0.6 is 11.6 Å². The Morgan fingerprint density at radius 1 is 1.21 bits per heavy atom. The van der Waals surface area contributed by atoms with Crippen molar-refractivity contribution in [3.05, 3.63) is 58.9 Å². The Kier molecular flexibility index (Phi) is 4.06. The van der Waals surface area contributed by atoms with Gasteiger partial charge in [-0.2, -0.15) is 8.78 Å². The van der Waals surface area contributed by atoms with Crippen molar-refractivity contribution in [3.63, 3.8) is 0 Å². The minimum atomic E-state index is -3.03. The van der Waals surface area contributed by atoms with Crippen LogP contribution in [0.25, 0.3) is 0 Å². The van der Waals surface area contributed by atoms with E-state index in [0.717, 1.165) is 0 Å². The molecule has 1 aromatic heterocycles. The molecule has 0 radical (unpaired) electrons. The number of carbonyl (C=O) groups excluding carboxylic acids is 1. The Hall–Kier alpha value is -2.01. The first-order valence-electron chi connectivity index (χ1n) is 5.27. The first-order chi connectivity index (χ1) is 9.09. The van der Waals surface area contributed by atoms with Crippen LogP contribution in [-0.4, -0.2) is 17.4 Å². The number of benzene rings is 1. The van der Waals surface area contributed by atoms with E-state index in [1.54, 1.807) is 0 Å². The summed E-state index contributed by atoms with van der Waals surface area (Å²) >= 11 is 5.90. The van der Waals surface area contributed by atoms with Crippen LogP contribution in [0.15, 0.2) is 42.7 Å². The summed E-state index contributed by atoms with van der Waals surface area (Å²) in [5.74, 6) is -0.743. The molecule has 0 unspecified atom stereocenters. The average Bonchev–Trinajstić information content (AvgIpc) is 2.38. The lowest BCUT2D eigenvalue weighted by Gasteiger charge is -2.11. The lowest BCUT2D eigenvalue weighted by atomic mass is 10.0. The van der Waals surface area contributed by atoms with Crippen LogP contribution in [0.1, 0.15) is 15.9 Å². The molecule has 1 aromatic carbocycles. The Morgan fingerprint density at radius 2 is 1.89 bits per heavy atom. The number of alkyl halides is 2. The number of rotatable bonds is 4. The standard InChI is InChI=1S/C13H8ClF2NO2/c14-9-2-1-3-10(19-13(15)16)11(9)12(18)8-4-6-17-7-5-8/h1-7,13H. The minimum Gasteiger partial charge on any atom is -0.434 e. The van der Waals surface area contributed by atoms with Gasteiger partial charge in [0.25, 0.3) is 0 Å². The predicted molar refractivity (Wildman–Crippen MR) is 65.8 cm³/mol. The first-order valence-corrected chi connectivity index (χ1v) is 5.65. The fraction of sp³-hybridized carbons (Fsp3) is 0.0769. The van der Waals surface area contributed by atoms with E-state index in [-0.39, 0.29) is 16.3 Å². The van der Waals surface area contributed by atoms with Gasteiger partial charge in [0.05, 0.1) is 10.6 Å². The number of aromatic nitrogens is 1. The summed E-state index contributed by atoms with van der Waals surface area (Å²) in [5, 5.41) is 0.0555. The highest BCUT2D eigenvalue weighted by Gasteiger charge is 2.20. The molecule has 98 valence electrons. The van der Waals surface area contributed by atoms with Gasteiger partial charge < -0.3 is 4.74 Å². The van der Waals surface area contributed by atoms with Gasteiger partial charge in [-0.15, -0.1) is 0 Å². The molecule has 1 heterocycles. The molecule has 0 amide bonds. The molecule has 19 heavy (non-hydrogen) atoms. The second-order valence-corrected chi connectivity index (χ2v) is 3.96. The molecule has 2 rings (SSSR count). The van der Waals surface area contributed by atoms with E-state index < -0.39 is 12.4 Å². The van der Waals surface area contributed by atoms with Crippen molar-refractivity contribution < 1.29 is 18.3 Å². The van der Waals surface area contributed by atoms with Crippen LogP contribution in [0.5, 0.6) is 5.75 Å². The molecule has 0 spiro atoms. The lowest BCUT2D eigenvalue weighted by molar-refractivity contribution is -0.0501. The van der Waals surface area contributed by atoms with Crippen LogP contribution < -0.4 is 4.74 Å². The van der Waals surface area contributed by atoms with Crippen molar-refractivity contribution >= 4 is 17.4 Å². The smallest absolute Gasteiger partial charge is 0.387 e. The fourth-order valence-electron chi connectivity index (χ4n) is 1.57. The van der Waals surface area contributed by atoms with Gasteiger partial charge in [0, 0.05) is 18.0 Å². The van der Waals surface area contributed by atoms with E-state index in [1.165, 1.54) is 42.7 Å². The molecule has 0 N–H and O–H groups in total. The summed E-state index contributed by atoms with van der Waals surface area (Å²) < 4.78 is 28.9. The number of pyridine rings is 1. The second-order valence-electron chi connectivity index (χ2n) is 3.56. The van der Waals surface area contributed by atoms with Gasteiger partial charge in [0.15, 0.2) is 5.78 Å². The maximum atomic E-state index is 12.3. The first kappa shape index (κ1) is 13.4. The Balaban J connectivity index is 2.46. The average molecular weight is 284 g/mol. The zero-order valence-electron chi connectivity index (χ0n) is 9.52. The molecule has 0 aliphatic heterocycles. The summed E-state index contributed by atoms with van der Waals surface area (Å²) in [6.45, 7) is -3.03. The number of ether oxygens (including phenoxy) is 1. The maximum Gasteiger partial charge on any atom is 0.387 e. The highest BCUT2D eigenvalue weighted by atomic mass is 35.5. The van der Waals surface area contributed by atoms with Crippen molar-refractivity contribution in [2.24, 2.45) is 0 Å². The topological polar surface area (TPSA) is 39.2 Å². The molecular weight excluding hydrogens is 276 g/mol. The third kappa shape index (κ3) is 3.06. The summed E-state index contributed by atoms with van der Waals surface area (Å²) in [7, 11) is 0. The summed E-state index contributed by atoms with van der Waals surface area (Å²) in [5.41, 5.74) is 0.206. The van der Waals surface area contributed by atoms with Gasteiger partial charge in [-0.25, -0.2) is 0 Å². The van der Waals surface area contributed by atoms with E-state index in [2.05, 4.69) is 9.72 Å². The van der Waals surface area contributed by atoms with Gasteiger partial charge in [-0.3, -0.25) is 9.78 Å². The van der Waals surface area contributed by atoms with E-state index in [1.807, 2.05) is 0 Å². The van der Waals surface area contributed by atoms with Crippen molar-refractivity contribution in [2.75, 3.05) is 0 Å². The normalized spacial score (nSPS) is 10.5. The number of nitrogens with zero attached hydrogens (tertiary/aromatic N) is 1. The monoisotopic (exact) mass is 283 g/mol. The molecule has 3 nitrogen and oxygen atoms in total. The quantitative estimate of drug-likeness (QED) is 0.805. The zero-order chi connectivity index (χ0) is 13.8.